The zero-order valence-electron chi connectivity index (χ0n) is 53.5. The van der Waals surface area contributed by atoms with Crippen LogP contribution in [0.25, 0.3) is 0 Å². The number of rotatable bonds is 46. The predicted octanol–water partition coefficient (Wildman–Crippen LogP) is -3.49. The first-order valence-electron chi connectivity index (χ1n) is 32.0. The highest BCUT2D eigenvalue weighted by atomic mass is 16.5. The number of nitrogens with zero attached hydrogens (tertiary/aromatic N) is 4. The lowest BCUT2D eigenvalue weighted by Crippen LogP contribution is -2.59. The van der Waals surface area contributed by atoms with Crippen LogP contribution >= 0.6 is 0 Å². The number of nitrogens with two attached hydrogens (primary N) is 10. The summed E-state index contributed by atoms with van der Waals surface area (Å²) < 4.78 is 11.0. The van der Waals surface area contributed by atoms with Crippen molar-refractivity contribution in [1.29, 1.82) is 0 Å². The molecule has 27 N–H and O–H groups in total. The van der Waals surface area contributed by atoms with Crippen LogP contribution in [-0.4, -0.2) is 185 Å². The number of primary amides is 1. The van der Waals surface area contributed by atoms with Crippen molar-refractivity contribution in [3.63, 3.8) is 0 Å². The highest BCUT2D eigenvalue weighted by molar-refractivity contribution is 5.98. The summed E-state index contributed by atoms with van der Waals surface area (Å²) in [5, 5.41) is 19.1. The Balaban J connectivity index is 3.76. The lowest BCUT2D eigenvalue weighted by Gasteiger charge is -2.29. The van der Waals surface area contributed by atoms with E-state index in [9.17, 15) is 47.9 Å². The topological polar surface area (TPSA) is 583 Å². The Morgan fingerprint density at radius 3 is 1.38 bits per heavy atom. The fourth-order valence-electron chi connectivity index (χ4n) is 9.60. The van der Waals surface area contributed by atoms with Gasteiger partial charge in [0.2, 0.25) is 47.3 Å². The second-order valence-corrected chi connectivity index (χ2v) is 22.5. The number of amides is 8. The van der Waals surface area contributed by atoms with Gasteiger partial charge >= 0.3 is 0 Å². The van der Waals surface area contributed by atoms with Crippen molar-refractivity contribution in [3.8, 4) is 0 Å². The van der Waals surface area contributed by atoms with Gasteiger partial charge in [-0.15, -0.1) is 0 Å². The average Bonchev–Trinajstić information content (AvgIpc) is 1.53. The Labute approximate surface area is 534 Å². The van der Waals surface area contributed by atoms with E-state index < -0.39 is 95.7 Å². The van der Waals surface area contributed by atoms with Gasteiger partial charge in [-0.25, -0.2) is 0 Å². The molecule has 0 aromatic rings. The summed E-state index contributed by atoms with van der Waals surface area (Å²) in [7, 11) is 0. The van der Waals surface area contributed by atoms with E-state index in [1.807, 2.05) is 0 Å². The smallest absolute Gasteiger partial charge is 0.246 e. The number of Topliss-reactive ketones (excluding diaryl/α,β-unsaturated/α-hetero) is 2. The van der Waals surface area contributed by atoms with E-state index in [1.165, 1.54) is 0 Å². The lowest BCUT2D eigenvalue weighted by molar-refractivity contribution is -0.137. The maximum atomic E-state index is 14.9. The molecule has 0 radical (unpaired) electrons. The van der Waals surface area contributed by atoms with Crippen molar-refractivity contribution < 1.29 is 57.4 Å². The van der Waals surface area contributed by atoms with E-state index in [0.717, 1.165) is 38.5 Å². The van der Waals surface area contributed by atoms with E-state index >= 15 is 0 Å². The normalized spacial score (nSPS) is 18.7. The van der Waals surface area contributed by atoms with Crippen molar-refractivity contribution >= 4 is 82.7 Å². The largest absolute Gasteiger partial charge is 0.379 e. The fourth-order valence-corrected chi connectivity index (χ4v) is 9.60. The molecule has 0 aliphatic carbocycles. The molecular weight excluding hydrogens is 1180 g/mol. The summed E-state index contributed by atoms with van der Waals surface area (Å²) in [6, 6.07) is -7.80. The van der Waals surface area contributed by atoms with Gasteiger partial charge in [0.05, 0.1) is 19.3 Å². The molecule has 1 saturated heterocycles. The molecule has 518 valence electrons. The molecule has 1 unspecified atom stereocenters. The van der Waals surface area contributed by atoms with Gasteiger partial charge in [0.1, 0.15) is 42.6 Å². The molecule has 0 saturated carbocycles. The third kappa shape index (κ3) is 41.1. The molecule has 0 aromatic carbocycles. The van der Waals surface area contributed by atoms with E-state index in [1.54, 1.807) is 0 Å². The molecule has 8 amide bonds. The number of carbonyl (C=O) groups is 10. The fraction of sp³-hybridized carbons (Fsp3) is 0.759. The molecule has 1 aliphatic rings. The first kappa shape index (κ1) is 81.1. The van der Waals surface area contributed by atoms with E-state index in [4.69, 9.17) is 66.8 Å². The second-order valence-electron chi connectivity index (χ2n) is 22.5. The third-order valence-electron chi connectivity index (χ3n) is 14.6. The highest BCUT2D eigenvalue weighted by Crippen LogP contribution is 2.19. The molecule has 0 spiro atoms. The van der Waals surface area contributed by atoms with Gasteiger partial charge in [-0.2, -0.15) is 0 Å². The van der Waals surface area contributed by atoms with Gasteiger partial charge in [-0.05, 0) is 109 Å². The van der Waals surface area contributed by atoms with Crippen LogP contribution in [0.1, 0.15) is 174 Å². The van der Waals surface area contributed by atoms with Crippen LogP contribution in [0.2, 0.25) is 0 Å². The number of ether oxygens (including phenoxy) is 2. The van der Waals surface area contributed by atoms with Crippen LogP contribution in [0.4, 0.5) is 0 Å². The van der Waals surface area contributed by atoms with Crippen LogP contribution in [0.3, 0.4) is 0 Å². The second kappa shape index (κ2) is 49.8. The maximum Gasteiger partial charge on any atom is 0.246 e. The number of ketones is 2. The minimum atomic E-state index is -1.42. The Hall–Kier alpha value is -7.94. The molecule has 33 nitrogen and oxygen atoms in total. The van der Waals surface area contributed by atoms with Gasteiger partial charge in [-0.3, -0.25) is 67.9 Å². The summed E-state index contributed by atoms with van der Waals surface area (Å²) in [6.45, 7) is 2.71. The molecule has 0 aromatic heterocycles. The van der Waals surface area contributed by atoms with E-state index in [-0.39, 0.29) is 185 Å². The summed E-state index contributed by atoms with van der Waals surface area (Å²) in [4.78, 5) is 154. The van der Waals surface area contributed by atoms with E-state index in [2.05, 4.69) is 64.1 Å². The predicted molar refractivity (Wildman–Crippen MR) is 346 cm³/mol. The van der Waals surface area contributed by atoms with Crippen molar-refractivity contribution in [1.82, 2.24) is 37.2 Å². The maximum absolute atomic E-state index is 14.9. The van der Waals surface area contributed by atoms with Crippen molar-refractivity contribution in [3.05, 3.63) is 0 Å². The molecule has 1 fully saturated rings. The standard InChI is InChI=1S/C58H109N21O12/c1-2-3-4-5-6-7-8-24-47(82)69-28-11-17-38-36-46(81)40(26-25-39(80)18-16-33-90-34-35-91-37-48(83)74-41(49(60)84)19-9-10-27-59)75-51(86)43(21-13-30-71-56(63)64)77-53(88)45(23-15-32-73-58(67)68)79-54(89)44(22-14-31-72-57(65)66)78-52(87)42(76-50(38)85)20-12-29-70-55(61)62/h38,40-45H,2-37,59H2,1H3,(H2,60,84)(H,69,82)(H,74,83)(H,75,86)(H,76,85)(H,77,88)(H,78,87)(H,79,89)(H4,61,62,70)(H4,63,64,71)(H4,65,66,72)(H4,67,68,73)/t38-,40+,41?,42+,43+,44+,45+/m1/s1. The van der Waals surface area contributed by atoms with Crippen molar-refractivity contribution in [2.24, 2.45) is 83.2 Å². The number of carbonyl (C=O) groups excluding carboxylic acids is 10. The Morgan fingerprint density at radius 1 is 0.473 bits per heavy atom. The number of unbranched alkanes of at least 4 members (excludes halogenated alkanes) is 7. The number of hydrogen-bond acceptors (Lipinski definition) is 17. The third-order valence-corrected chi connectivity index (χ3v) is 14.6. The molecule has 91 heavy (non-hydrogen) atoms. The van der Waals surface area contributed by atoms with Gasteiger partial charge in [0.15, 0.2) is 29.6 Å². The van der Waals surface area contributed by atoms with Crippen LogP contribution < -0.4 is 94.6 Å². The van der Waals surface area contributed by atoms with E-state index in [0.29, 0.717) is 38.6 Å². The quantitative estimate of drug-likeness (QED) is 0.0160. The summed E-state index contributed by atoms with van der Waals surface area (Å²) in [5.74, 6) is -8.52. The Morgan fingerprint density at radius 2 is 0.923 bits per heavy atom. The zero-order valence-corrected chi connectivity index (χ0v) is 53.5. The number of aliphatic imine (C=N–C) groups is 4. The molecular formula is C58H109N21O12. The average molecular weight is 1290 g/mol. The summed E-state index contributed by atoms with van der Waals surface area (Å²) in [6.07, 6.45) is 8.74. The number of guanidine groups is 4. The molecule has 1 heterocycles. The molecule has 7 atom stereocenters. The van der Waals surface area contributed by atoms with Crippen LogP contribution in [0.15, 0.2) is 20.0 Å². The van der Waals surface area contributed by atoms with Gasteiger partial charge in [0, 0.05) is 70.9 Å². The Kier molecular flexibility index (Phi) is 44.4. The zero-order chi connectivity index (χ0) is 67.8. The van der Waals surface area contributed by atoms with Crippen molar-refractivity contribution in [2.75, 3.05) is 65.7 Å². The summed E-state index contributed by atoms with van der Waals surface area (Å²) in [5.41, 5.74) is 55.6. The van der Waals surface area contributed by atoms with Crippen LogP contribution in [0, 0.1) is 5.92 Å². The van der Waals surface area contributed by atoms with Gasteiger partial charge in [0.25, 0.3) is 0 Å². The number of hydrogen-bond donors (Lipinski definition) is 17. The first-order chi connectivity index (χ1) is 43.5. The monoisotopic (exact) mass is 1290 g/mol. The molecule has 1 rings (SSSR count). The highest BCUT2D eigenvalue weighted by Gasteiger charge is 2.35. The molecule has 0 bridgehead atoms. The minimum Gasteiger partial charge on any atom is -0.379 e. The molecule has 33 heteroatoms. The van der Waals surface area contributed by atoms with Crippen LogP contribution in [0.5, 0.6) is 0 Å². The Bertz CT molecular complexity index is 2350. The van der Waals surface area contributed by atoms with Gasteiger partial charge < -0.3 is 104 Å². The lowest BCUT2D eigenvalue weighted by atomic mass is 9.90. The SMILES string of the molecule is CCCCCCCCCC(=O)NCCC[C@@H]1CC(=O)[C@H](CCC(=O)CCCOCCOCC(=O)NC(CCCCN)C(N)=O)NC(=O)[C@H](CCCN=C(N)N)NC(=O)[C@H](CCCN=C(N)N)NC(=O)[C@H](CCCN=C(N)N)NC(=O)[C@H](CCCN=C(N)N)NC1=O. The minimum absolute atomic E-state index is 0.00395. The van der Waals surface area contributed by atoms with Crippen LogP contribution in [-0.2, 0) is 57.4 Å². The van der Waals surface area contributed by atoms with Crippen molar-refractivity contribution in [2.45, 2.75) is 210 Å². The number of nitrogens with one attached hydrogen (secondary N) is 7. The summed E-state index contributed by atoms with van der Waals surface area (Å²) >= 11 is 0. The van der Waals surface area contributed by atoms with Gasteiger partial charge in [-0.1, -0.05) is 45.4 Å². The first-order valence-corrected chi connectivity index (χ1v) is 32.0. The molecule has 1 aliphatic heterocycles.